The highest BCUT2D eigenvalue weighted by atomic mass is 35.5. The van der Waals surface area contributed by atoms with Gasteiger partial charge in [0.25, 0.3) is 0 Å². The molecule has 5 heteroatoms. The number of anilines is 1. The Labute approximate surface area is 110 Å². The SMILES string of the molecule is Cc1cc(N(C)Cc2cccc(F)c2)nc(Cl)n1. The Balaban J connectivity index is 2.19. The first-order valence-corrected chi connectivity index (χ1v) is 5.89. The molecule has 0 aliphatic rings. The van der Waals surface area contributed by atoms with Gasteiger partial charge in [-0.3, -0.25) is 0 Å². The number of aryl methyl sites for hydroxylation is 1. The fourth-order valence-corrected chi connectivity index (χ4v) is 1.92. The normalized spacial score (nSPS) is 10.4. The van der Waals surface area contributed by atoms with Gasteiger partial charge in [0.1, 0.15) is 11.6 Å². The van der Waals surface area contributed by atoms with Crippen molar-refractivity contribution in [2.24, 2.45) is 0 Å². The van der Waals surface area contributed by atoms with Crippen LogP contribution in [-0.4, -0.2) is 17.0 Å². The molecule has 0 unspecified atom stereocenters. The number of halogens is 2. The third-order valence-corrected chi connectivity index (χ3v) is 2.68. The van der Waals surface area contributed by atoms with E-state index in [9.17, 15) is 4.39 Å². The summed E-state index contributed by atoms with van der Waals surface area (Å²) in [5.74, 6) is 0.481. The summed E-state index contributed by atoms with van der Waals surface area (Å²) in [6.07, 6.45) is 0. The van der Waals surface area contributed by atoms with Crippen LogP contribution in [0.4, 0.5) is 10.2 Å². The molecule has 1 aromatic carbocycles. The van der Waals surface area contributed by atoms with Crippen molar-refractivity contribution < 1.29 is 4.39 Å². The lowest BCUT2D eigenvalue weighted by atomic mass is 10.2. The second-order valence-electron chi connectivity index (χ2n) is 4.12. The van der Waals surface area contributed by atoms with Gasteiger partial charge in [-0.25, -0.2) is 14.4 Å². The maximum absolute atomic E-state index is 13.1. The van der Waals surface area contributed by atoms with E-state index in [4.69, 9.17) is 11.6 Å². The van der Waals surface area contributed by atoms with Crippen LogP contribution in [-0.2, 0) is 6.54 Å². The fraction of sp³-hybridized carbons (Fsp3) is 0.231. The van der Waals surface area contributed by atoms with Crippen LogP contribution in [0.25, 0.3) is 0 Å². The van der Waals surface area contributed by atoms with E-state index in [1.807, 2.05) is 31.0 Å². The summed E-state index contributed by atoms with van der Waals surface area (Å²) in [6, 6.07) is 8.33. The van der Waals surface area contributed by atoms with Crippen molar-refractivity contribution in [1.29, 1.82) is 0 Å². The topological polar surface area (TPSA) is 29.0 Å². The van der Waals surface area contributed by atoms with Crippen LogP contribution in [0.1, 0.15) is 11.3 Å². The van der Waals surface area contributed by atoms with Gasteiger partial charge in [-0.05, 0) is 36.2 Å². The van der Waals surface area contributed by atoms with E-state index in [0.717, 1.165) is 17.1 Å². The zero-order valence-corrected chi connectivity index (χ0v) is 10.9. The molecule has 2 aromatic rings. The van der Waals surface area contributed by atoms with Crippen molar-refractivity contribution in [3.05, 3.63) is 52.7 Å². The van der Waals surface area contributed by atoms with Gasteiger partial charge in [0.15, 0.2) is 0 Å². The lowest BCUT2D eigenvalue weighted by Gasteiger charge is -2.18. The zero-order chi connectivity index (χ0) is 13.1. The Morgan fingerprint density at radius 3 is 2.72 bits per heavy atom. The molecule has 0 bridgehead atoms. The first-order chi connectivity index (χ1) is 8.54. The molecular formula is C13H13ClFN3. The molecule has 0 saturated heterocycles. The minimum Gasteiger partial charge on any atom is -0.355 e. The lowest BCUT2D eigenvalue weighted by molar-refractivity contribution is 0.625. The molecule has 2 rings (SSSR count). The van der Waals surface area contributed by atoms with Crippen molar-refractivity contribution in [3.8, 4) is 0 Å². The Bertz CT molecular complexity index is 539. The van der Waals surface area contributed by atoms with Crippen LogP contribution >= 0.6 is 11.6 Å². The van der Waals surface area contributed by atoms with Crippen molar-refractivity contribution in [2.75, 3.05) is 11.9 Å². The molecule has 0 aliphatic heterocycles. The van der Waals surface area contributed by atoms with E-state index in [1.54, 1.807) is 6.07 Å². The van der Waals surface area contributed by atoms with Gasteiger partial charge in [0.2, 0.25) is 5.28 Å². The second-order valence-corrected chi connectivity index (χ2v) is 4.46. The van der Waals surface area contributed by atoms with Gasteiger partial charge in [-0.1, -0.05) is 12.1 Å². The monoisotopic (exact) mass is 265 g/mol. The first-order valence-electron chi connectivity index (χ1n) is 5.51. The Morgan fingerprint density at radius 1 is 1.28 bits per heavy atom. The molecule has 0 fully saturated rings. The number of nitrogens with zero attached hydrogens (tertiary/aromatic N) is 3. The quantitative estimate of drug-likeness (QED) is 0.798. The molecule has 0 saturated carbocycles. The van der Waals surface area contributed by atoms with Gasteiger partial charge < -0.3 is 4.90 Å². The van der Waals surface area contributed by atoms with Crippen molar-refractivity contribution >= 4 is 17.4 Å². The molecule has 0 amide bonds. The van der Waals surface area contributed by atoms with Crippen molar-refractivity contribution in [1.82, 2.24) is 9.97 Å². The highest BCUT2D eigenvalue weighted by molar-refractivity contribution is 6.28. The summed E-state index contributed by atoms with van der Waals surface area (Å²) in [6.45, 7) is 2.41. The lowest BCUT2D eigenvalue weighted by Crippen LogP contribution is -2.18. The van der Waals surface area contributed by atoms with Gasteiger partial charge in [0.05, 0.1) is 0 Å². The molecular weight excluding hydrogens is 253 g/mol. The molecule has 0 spiro atoms. The predicted molar refractivity (Wildman–Crippen MR) is 70.3 cm³/mol. The maximum Gasteiger partial charge on any atom is 0.224 e. The van der Waals surface area contributed by atoms with Crippen LogP contribution in [0.3, 0.4) is 0 Å². The number of hydrogen-bond acceptors (Lipinski definition) is 3. The smallest absolute Gasteiger partial charge is 0.224 e. The number of hydrogen-bond donors (Lipinski definition) is 0. The minimum absolute atomic E-state index is 0.219. The van der Waals surface area contributed by atoms with Gasteiger partial charge in [0, 0.05) is 25.4 Å². The zero-order valence-electron chi connectivity index (χ0n) is 10.2. The van der Waals surface area contributed by atoms with E-state index in [0.29, 0.717) is 6.54 Å². The summed E-state index contributed by atoms with van der Waals surface area (Å²) in [4.78, 5) is 10.0. The van der Waals surface area contributed by atoms with E-state index in [2.05, 4.69) is 9.97 Å². The highest BCUT2D eigenvalue weighted by Gasteiger charge is 2.07. The largest absolute Gasteiger partial charge is 0.355 e. The van der Waals surface area contributed by atoms with Crippen LogP contribution in [0.5, 0.6) is 0 Å². The molecule has 0 atom stereocenters. The second kappa shape index (κ2) is 5.31. The molecule has 1 aromatic heterocycles. The number of aromatic nitrogens is 2. The van der Waals surface area contributed by atoms with Crippen LogP contribution in [0.15, 0.2) is 30.3 Å². The standard InChI is InChI=1S/C13H13ClFN3/c1-9-6-12(17-13(14)16-9)18(2)8-10-4-3-5-11(15)7-10/h3-7H,8H2,1-2H3. The third-order valence-electron chi connectivity index (χ3n) is 2.51. The summed E-state index contributed by atoms with van der Waals surface area (Å²) in [5, 5.41) is 0.219. The van der Waals surface area contributed by atoms with Crippen LogP contribution in [0, 0.1) is 12.7 Å². The van der Waals surface area contributed by atoms with Crippen LogP contribution in [0.2, 0.25) is 5.28 Å². The van der Waals surface area contributed by atoms with E-state index < -0.39 is 0 Å². The fourth-order valence-electron chi connectivity index (χ4n) is 1.70. The Kier molecular flexibility index (Phi) is 3.77. The van der Waals surface area contributed by atoms with E-state index >= 15 is 0 Å². The van der Waals surface area contributed by atoms with E-state index in [1.165, 1.54) is 12.1 Å². The van der Waals surface area contributed by atoms with E-state index in [-0.39, 0.29) is 11.1 Å². The summed E-state index contributed by atoms with van der Waals surface area (Å²) in [7, 11) is 1.88. The van der Waals surface area contributed by atoms with Crippen molar-refractivity contribution in [3.63, 3.8) is 0 Å². The molecule has 0 radical (unpaired) electrons. The third kappa shape index (κ3) is 3.17. The Hall–Kier alpha value is -1.68. The molecule has 18 heavy (non-hydrogen) atoms. The summed E-state index contributed by atoms with van der Waals surface area (Å²) >= 11 is 5.81. The Morgan fingerprint density at radius 2 is 2.06 bits per heavy atom. The van der Waals surface area contributed by atoms with Gasteiger partial charge >= 0.3 is 0 Å². The van der Waals surface area contributed by atoms with Crippen molar-refractivity contribution in [2.45, 2.75) is 13.5 Å². The van der Waals surface area contributed by atoms with Gasteiger partial charge in [-0.2, -0.15) is 0 Å². The number of benzene rings is 1. The highest BCUT2D eigenvalue weighted by Crippen LogP contribution is 2.16. The van der Waals surface area contributed by atoms with Gasteiger partial charge in [-0.15, -0.1) is 0 Å². The minimum atomic E-state index is -0.238. The predicted octanol–water partition coefficient (Wildman–Crippen LogP) is 3.21. The first kappa shape index (κ1) is 12.8. The molecule has 0 aliphatic carbocycles. The summed E-state index contributed by atoms with van der Waals surface area (Å²) in [5.41, 5.74) is 1.68. The molecule has 0 N–H and O–H groups in total. The summed E-state index contributed by atoms with van der Waals surface area (Å²) < 4.78 is 13.1. The molecule has 1 heterocycles. The van der Waals surface area contributed by atoms with Crippen LogP contribution < -0.4 is 4.90 Å². The molecule has 94 valence electrons. The number of rotatable bonds is 3. The average Bonchev–Trinajstić information content (AvgIpc) is 2.27. The molecule has 3 nitrogen and oxygen atoms in total. The average molecular weight is 266 g/mol. The maximum atomic E-state index is 13.1.